The second-order valence-electron chi connectivity index (χ2n) is 7.00. The van der Waals surface area contributed by atoms with Crippen LogP contribution in [0.3, 0.4) is 0 Å². The molecule has 3 N–H and O–H groups in total. The monoisotopic (exact) mass is 382 g/mol. The Labute approximate surface area is 164 Å². The molecule has 1 fully saturated rings. The topological polar surface area (TPSA) is 61.6 Å². The summed E-state index contributed by atoms with van der Waals surface area (Å²) in [6.45, 7) is 9.52. The Morgan fingerprint density at radius 2 is 1.77 bits per heavy atom. The van der Waals surface area contributed by atoms with Crippen molar-refractivity contribution in [1.82, 2.24) is 15.1 Å². The number of nitrogens with zero attached hydrogens (tertiary/aromatic N) is 2. The van der Waals surface area contributed by atoms with Crippen molar-refractivity contribution in [1.29, 1.82) is 0 Å². The summed E-state index contributed by atoms with van der Waals surface area (Å²) in [4.78, 5) is 16.8. The number of piperazine rings is 1. The maximum Gasteiger partial charge on any atom is 0.236 e. The minimum atomic E-state index is -0.345. The third-order valence-electron chi connectivity index (χ3n) is 4.85. The molecular formula is C20H35ClN4O. The van der Waals surface area contributed by atoms with Crippen LogP contribution in [0.2, 0.25) is 0 Å². The minimum Gasteiger partial charge on any atom is -0.355 e. The highest BCUT2D eigenvalue weighted by Gasteiger charge is 2.16. The van der Waals surface area contributed by atoms with Crippen molar-refractivity contribution in [3.8, 4) is 0 Å². The van der Waals surface area contributed by atoms with Crippen LogP contribution in [0.1, 0.15) is 38.2 Å². The van der Waals surface area contributed by atoms with Crippen LogP contribution in [0.5, 0.6) is 0 Å². The van der Waals surface area contributed by atoms with Gasteiger partial charge in [0.1, 0.15) is 0 Å². The van der Waals surface area contributed by atoms with Crippen LogP contribution in [0.4, 0.5) is 0 Å². The van der Waals surface area contributed by atoms with Gasteiger partial charge in [0.05, 0.1) is 6.04 Å². The average molecular weight is 383 g/mol. The van der Waals surface area contributed by atoms with Gasteiger partial charge in [-0.2, -0.15) is 0 Å². The first kappa shape index (κ1) is 22.9. The molecule has 0 saturated carbocycles. The molecule has 1 unspecified atom stereocenters. The van der Waals surface area contributed by atoms with Gasteiger partial charge in [-0.25, -0.2) is 0 Å². The highest BCUT2D eigenvalue weighted by atomic mass is 35.5. The van der Waals surface area contributed by atoms with Gasteiger partial charge in [-0.15, -0.1) is 12.4 Å². The Balaban J connectivity index is 0.00000338. The summed E-state index contributed by atoms with van der Waals surface area (Å²) in [7, 11) is 0. The maximum absolute atomic E-state index is 11.7. The Morgan fingerprint density at radius 1 is 1.12 bits per heavy atom. The normalized spacial score (nSPS) is 16.7. The van der Waals surface area contributed by atoms with Gasteiger partial charge >= 0.3 is 0 Å². The summed E-state index contributed by atoms with van der Waals surface area (Å²) in [5.41, 5.74) is 7.20. The van der Waals surface area contributed by atoms with Crippen molar-refractivity contribution in [2.24, 2.45) is 5.73 Å². The van der Waals surface area contributed by atoms with E-state index in [-0.39, 0.29) is 24.4 Å². The molecule has 26 heavy (non-hydrogen) atoms. The van der Waals surface area contributed by atoms with E-state index in [9.17, 15) is 4.79 Å². The molecule has 1 atom stereocenters. The van der Waals surface area contributed by atoms with Crippen molar-refractivity contribution in [3.05, 3.63) is 35.9 Å². The number of nitrogens with one attached hydrogen (secondary N) is 1. The standard InChI is InChI=1S/C20H34N4O.ClH/c1-2-8-19(21)20(25)22-11-6-7-12-23-13-15-24(16-14-23)17-18-9-4-3-5-10-18;/h3-5,9-10,19H,2,6-8,11-17,21H2,1H3,(H,22,25);1H. The Bertz CT molecular complexity index is 492. The van der Waals surface area contributed by atoms with Crippen LogP contribution in [0.15, 0.2) is 30.3 Å². The van der Waals surface area contributed by atoms with E-state index >= 15 is 0 Å². The van der Waals surface area contributed by atoms with Gasteiger partial charge in [-0.05, 0) is 31.4 Å². The molecule has 1 aliphatic rings. The highest BCUT2D eigenvalue weighted by Crippen LogP contribution is 2.09. The van der Waals surface area contributed by atoms with Crippen LogP contribution in [0, 0.1) is 0 Å². The fourth-order valence-corrected chi connectivity index (χ4v) is 3.26. The molecule has 0 spiro atoms. The highest BCUT2D eigenvalue weighted by molar-refractivity contribution is 5.85. The van der Waals surface area contributed by atoms with Crippen LogP contribution in [0.25, 0.3) is 0 Å². The van der Waals surface area contributed by atoms with Crippen molar-refractivity contribution >= 4 is 18.3 Å². The molecule has 1 heterocycles. The predicted octanol–water partition coefficient (Wildman–Crippen LogP) is 2.25. The van der Waals surface area contributed by atoms with Crippen molar-refractivity contribution in [2.75, 3.05) is 39.3 Å². The lowest BCUT2D eigenvalue weighted by molar-refractivity contribution is -0.122. The second kappa shape index (κ2) is 13.1. The van der Waals surface area contributed by atoms with E-state index in [1.165, 1.54) is 5.56 Å². The Kier molecular flexibility index (Phi) is 11.5. The molecular weight excluding hydrogens is 348 g/mol. The molecule has 148 valence electrons. The zero-order valence-corrected chi connectivity index (χ0v) is 16.8. The molecule has 5 nitrogen and oxygen atoms in total. The number of carbonyl (C=O) groups excluding carboxylic acids is 1. The first-order chi connectivity index (χ1) is 12.2. The number of amides is 1. The molecule has 2 rings (SSSR count). The van der Waals surface area contributed by atoms with Gasteiger partial charge in [-0.1, -0.05) is 43.7 Å². The number of rotatable bonds is 10. The van der Waals surface area contributed by atoms with Gasteiger partial charge < -0.3 is 16.0 Å². The number of benzene rings is 1. The van der Waals surface area contributed by atoms with Crippen molar-refractivity contribution < 1.29 is 4.79 Å². The SMILES string of the molecule is CCCC(N)C(=O)NCCCCN1CCN(Cc2ccccc2)CC1.Cl. The molecule has 0 radical (unpaired) electrons. The summed E-state index contributed by atoms with van der Waals surface area (Å²) in [6.07, 6.45) is 3.86. The second-order valence-corrected chi connectivity index (χ2v) is 7.00. The molecule has 0 aromatic heterocycles. The van der Waals surface area contributed by atoms with E-state index in [0.717, 1.165) is 71.5 Å². The van der Waals surface area contributed by atoms with Gasteiger partial charge in [0.25, 0.3) is 0 Å². The smallest absolute Gasteiger partial charge is 0.236 e. The van der Waals surface area contributed by atoms with Crippen LogP contribution in [-0.2, 0) is 11.3 Å². The predicted molar refractivity (Wildman–Crippen MR) is 111 cm³/mol. The van der Waals surface area contributed by atoms with E-state index in [1.54, 1.807) is 0 Å². The van der Waals surface area contributed by atoms with Crippen LogP contribution in [-0.4, -0.2) is 61.0 Å². The Hall–Kier alpha value is -1.14. The molecule has 6 heteroatoms. The third kappa shape index (κ3) is 8.49. The fourth-order valence-electron chi connectivity index (χ4n) is 3.26. The number of carbonyl (C=O) groups is 1. The van der Waals surface area contributed by atoms with Crippen molar-refractivity contribution in [3.63, 3.8) is 0 Å². The molecule has 1 aliphatic heterocycles. The Morgan fingerprint density at radius 3 is 2.42 bits per heavy atom. The molecule has 1 aromatic carbocycles. The van der Waals surface area contributed by atoms with Crippen molar-refractivity contribution in [2.45, 2.75) is 45.2 Å². The summed E-state index contributed by atoms with van der Waals surface area (Å²) < 4.78 is 0. The largest absolute Gasteiger partial charge is 0.355 e. The summed E-state index contributed by atoms with van der Waals surface area (Å²) in [5.74, 6) is -0.00336. The summed E-state index contributed by atoms with van der Waals surface area (Å²) in [5, 5.41) is 2.95. The zero-order chi connectivity index (χ0) is 17.9. The van der Waals surface area contributed by atoms with E-state index in [1.807, 2.05) is 6.92 Å². The molecule has 1 aromatic rings. The van der Waals surface area contributed by atoms with E-state index in [2.05, 4.69) is 45.4 Å². The van der Waals surface area contributed by atoms with Gasteiger partial charge in [0, 0.05) is 39.3 Å². The van der Waals surface area contributed by atoms with Gasteiger partial charge in [0.15, 0.2) is 0 Å². The van der Waals surface area contributed by atoms with Gasteiger partial charge in [0.2, 0.25) is 5.91 Å². The van der Waals surface area contributed by atoms with Gasteiger partial charge in [-0.3, -0.25) is 9.69 Å². The molecule has 0 bridgehead atoms. The summed E-state index contributed by atoms with van der Waals surface area (Å²) in [6, 6.07) is 10.4. The number of hydrogen-bond donors (Lipinski definition) is 2. The zero-order valence-electron chi connectivity index (χ0n) is 16.0. The first-order valence-electron chi connectivity index (χ1n) is 9.71. The van der Waals surface area contributed by atoms with Crippen LogP contribution >= 0.6 is 12.4 Å². The number of hydrogen-bond acceptors (Lipinski definition) is 4. The molecule has 1 amide bonds. The summed E-state index contributed by atoms with van der Waals surface area (Å²) >= 11 is 0. The lowest BCUT2D eigenvalue weighted by Gasteiger charge is -2.34. The molecule has 0 aliphatic carbocycles. The van der Waals surface area contributed by atoms with E-state index in [0.29, 0.717) is 0 Å². The quantitative estimate of drug-likeness (QED) is 0.609. The van der Waals surface area contributed by atoms with E-state index < -0.39 is 0 Å². The van der Waals surface area contributed by atoms with Crippen LogP contribution < -0.4 is 11.1 Å². The average Bonchev–Trinajstić information content (AvgIpc) is 2.63. The lowest BCUT2D eigenvalue weighted by Crippen LogP contribution is -2.46. The first-order valence-corrected chi connectivity index (χ1v) is 9.71. The van der Waals surface area contributed by atoms with E-state index in [4.69, 9.17) is 5.73 Å². The minimum absolute atomic E-state index is 0. The fraction of sp³-hybridized carbons (Fsp3) is 0.650. The maximum atomic E-state index is 11.7. The lowest BCUT2D eigenvalue weighted by atomic mass is 10.1. The number of unbranched alkanes of at least 4 members (excludes halogenated alkanes) is 1. The number of nitrogens with two attached hydrogens (primary N) is 1. The third-order valence-corrected chi connectivity index (χ3v) is 4.85. The number of halogens is 1. The molecule has 1 saturated heterocycles.